The third kappa shape index (κ3) is 1.89. The van der Waals surface area contributed by atoms with E-state index in [9.17, 15) is 0 Å². The van der Waals surface area contributed by atoms with Gasteiger partial charge in [-0.25, -0.2) is 4.68 Å². The number of aromatic nitrogens is 3. The van der Waals surface area contributed by atoms with E-state index in [1.54, 1.807) is 17.1 Å². The van der Waals surface area contributed by atoms with Gasteiger partial charge in [0.2, 0.25) is 0 Å². The number of rotatable bonds is 1. The van der Waals surface area contributed by atoms with Gasteiger partial charge in [-0.3, -0.25) is 0 Å². The monoisotopic (exact) mass is 193 g/mol. The summed E-state index contributed by atoms with van der Waals surface area (Å²) in [6, 6.07) is 7.73. The number of hydrogen-bond donors (Lipinski definition) is 1. The van der Waals surface area contributed by atoms with Crippen molar-refractivity contribution in [2.75, 3.05) is 0 Å². The molecule has 0 amide bonds. The SMILES string of the molecule is C.Sc1ccccc1-n1ccnn1. The first-order valence-electron chi connectivity index (χ1n) is 3.52. The van der Waals surface area contributed by atoms with Crippen LogP contribution < -0.4 is 0 Å². The molecule has 2 aromatic rings. The second-order valence-electron chi connectivity index (χ2n) is 2.34. The van der Waals surface area contributed by atoms with E-state index in [-0.39, 0.29) is 7.43 Å². The van der Waals surface area contributed by atoms with E-state index in [4.69, 9.17) is 0 Å². The summed E-state index contributed by atoms with van der Waals surface area (Å²) in [5.41, 5.74) is 0.943. The molecule has 0 spiro atoms. The van der Waals surface area contributed by atoms with E-state index >= 15 is 0 Å². The van der Waals surface area contributed by atoms with Gasteiger partial charge < -0.3 is 0 Å². The first-order valence-corrected chi connectivity index (χ1v) is 3.97. The Morgan fingerprint density at radius 1 is 1.23 bits per heavy atom. The number of nitrogens with zero attached hydrogens (tertiary/aromatic N) is 3. The molecule has 0 saturated heterocycles. The molecule has 0 atom stereocenters. The quantitative estimate of drug-likeness (QED) is 0.704. The molecule has 4 heteroatoms. The number of hydrogen-bond acceptors (Lipinski definition) is 3. The molecule has 1 aromatic heterocycles. The zero-order valence-corrected chi connectivity index (χ0v) is 7.15. The second-order valence-corrected chi connectivity index (χ2v) is 2.82. The molecule has 0 aliphatic rings. The Bertz CT molecular complexity index is 370. The third-order valence-electron chi connectivity index (χ3n) is 1.55. The fourth-order valence-corrected chi connectivity index (χ4v) is 1.26. The molecule has 1 heterocycles. The van der Waals surface area contributed by atoms with E-state index < -0.39 is 0 Å². The molecule has 0 fully saturated rings. The maximum absolute atomic E-state index is 4.30. The van der Waals surface area contributed by atoms with Crippen LogP contribution in [0.2, 0.25) is 0 Å². The van der Waals surface area contributed by atoms with Gasteiger partial charge in [-0.2, -0.15) is 0 Å². The molecular weight excluding hydrogens is 182 g/mol. The molecule has 1 aromatic carbocycles. The fraction of sp³-hybridized carbons (Fsp3) is 0.111. The molecule has 0 saturated carbocycles. The van der Waals surface area contributed by atoms with Gasteiger partial charge >= 0.3 is 0 Å². The van der Waals surface area contributed by atoms with Crippen molar-refractivity contribution >= 4 is 12.6 Å². The van der Waals surface area contributed by atoms with Crippen molar-refractivity contribution in [3.05, 3.63) is 36.7 Å². The molecule has 3 nitrogen and oxygen atoms in total. The molecule has 0 bridgehead atoms. The number of benzene rings is 1. The average Bonchev–Trinajstić information content (AvgIpc) is 2.57. The lowest BCUT2D eigenvalue weighted by Crippen LogP contribution is -1.95. The molecule has 0 aliphatic carbocycles. The minimum Gasteiger partial charge on any atom is -0.220 e. The molecule has 0 unspecified atom stereocenters. The van der Waals surface area contributed by atoms with Crippen LogP contribution >= 0.6 is 12.6 Å². The van der Waals surface area contributed by atoms with Crippen LogP contribution in [-0.4, -0.2) is 15.0 Å². The van der Waals surface area contributed by atoms with Gasteiger partial charge in [-0.15, -0.1) is 17.7 Å². The molecule has 0 N–H and O–H groups in total. The van der Waals surface area contributed by atoms with Crippen molar-refractivity contribution in [1.82, 2.24) is 15.0 Å². The van der Waals surface area contributed by atoms with Crippen LogP contribution in [0.4, 0.5) is 0 Å². The van der Waals surface area contributed by atoms with Crippen LogP contribution in [0, 0.1) is 0 Å². The van der Waals surface area contributed by atoms with Crippen molar-refractivity contribution in [1.29, 1.82) is 0 Å². The number of para-hydroxylation sites is 1. The van der Waals surface area contributed by atoms with E-state index in [1.807, 2.05) is 24.3 Å². The Hall–Kier alpha value is -1.29. The summed E-state index contributed by atoms with van der Waals surface area (Å²) in [6.07, 6.45) is 3.43. The summed E-state index contributed by atoms with van der Waals surface area (Å²) in [7, 11) is 0. The van der Waals surface area contributed by atoms with E-state index in [0.29, 0.717) is 0 Å². The first-order chi connectivity index (χ1) is 5.88. The fourth-order valence-electron chi connectivity index (χ4n) is 0.995. The highest BCUT2D eigenvalue weighted by molar-refractivity contribution is 7.80. The summed E-state index contributed by atoms with van der Waals surface area (Å²) in [6.45, 7) is 0. The van der Waals surface area contributed by atoms with Crippen molar-refractivity contribution < 1.29 is 0 Å². The van der Waals surface area contributed by atoms with E-state index in [0.717, 1.165) is 10.6 Å². The van der Waals surface area contributed by atoms with Crippen molar-refractivity contribution in [2.45, 2.75) is 12.3 Å². The third-order valence-corrected chi connectivity index (χ3v) is 1.93. The highest BCUT2D eigenvalue weighted by atomic mass is 32.1. The lowest BCUT2D eigenvalue weighted by Gasteiger charge is -2.01. The van der Waals surface area contributed by atoms with Gasteiger partial charge in [-0.05, 0) is 12.1 Å². The minimum atomic E-state index is 0. The second kappa shape index (κ2) is 4.09. The Labute approximate surface area is 82.8 Å². The van der Waals surface area contributed by atoms with Gasteiger partial charge in [0.05, 0.1) is 18.1 Å². The Kier molecular flexibility index (Phi) is 3.08. The van der Waals surface area contributed by atoms with Gasteiger partial charge in [0.15, 0.2) is 0 Å². The van der Waals surface area contributed by atoms with Crippen molar-refractivity contribution in [3.63, 3.8) is 0 Å². The van der Waals surface area contributed by atoms with Crippen molar-refractivity contribution in [3.8, 4) is 5.69 Å². The summed E-state index contributed by atoms with van der Waals surface area (Å²) in [5.74, 6) is 0. The van der Waals surface area contributed by atoms with Crippen LogP contribution in [0.5, 0.6) is 0 Å². The average molecular weight is 193 g/mol. The van der Waals surface area contributed by atoms with Crippen LogP contribution in [0.3, 0.4) is 0 Å². The van der Waals surface area contributed by atoms with Gasteiger partial charge in [-0.1, -0.05) is 24.8 Å². The zero-order valence-electron chi connectivity index (χ0n) is 6.25. The van der Waals surface area contributed by atoms with E-state index in [1.165, 1.54) is 0 Å². The molecule has 0 aliphatic heterocycles. The Balaban J connectivity index is 0.000000845. The lowest BCUT2D eigenvalue weighted by molar-refractivity contribution is 0.791. The summed E-state index contributed by atoms with van der Waals surface area (Å²) in [5, 5.41) is 7.58. The summed E-state index contributed by atoms with van der Waals surface area (Å²) >= 11 is 4.30. The van der Waals surface area contributed by atoms with Crippen LogP contribution in [0.15, 0.2) is 41.6 Å². The van der Waals surface area contributed by atoms with Gasteiger partial charge in [0.1, 0.15) is 0 Å². The molecular formula is C9H11N3S. The maximum Gasteiger partial charge on any atom is 0.0796 e. The normalized spacial score (nSPS) is 9.31. The predicted octanol–water partition coefficient (Wildman–Crippen LogP) is 2.19. The standard InChI is InChI=1S/C8H7N3S.CH4/c12-8-4-2-1-3-7(8)11-6-5-9-10-11;/h1-6,12H;1H4. The first kappa shape index (κ1) is 9.80. The zero-order chi connectivity index (χ0) is 8.39. The highest BCUT2D eigenvalue weighted by Gasteiger charge is 1.98. The van der Waals surface area contributed by atoms with Crippen LogP contribution in [0.1, 0.15) is 7.43 Å². The van der Waals surface area contributed by atoms with Gasteiger partial charge in [0.25, 0.3) is 0 Å². The predicted molar refractivity (Wildman–Crippen MR) is 55.3 cm³/mol. The minimum absolute atomic E-state index is 0. The number of thiol groups is 1. The van der Waals surface area contributed by atoms with Crippen LogP contribution in [-0.2, 0) is 0 Å². The lowest BCUT2D eigenvalue weighted by atomic mass is 10.3. The van der Waals surface area contributed by atoms with E-state index in [2.05, 4.69) is 22.9 Å². The molecule has 2 rings (SSSR count). The molecule has 68 valence electrons. The van der Waals surface area contributed by atoms with Crippen LogP contribution in [0.25, 0.3) is 5.69 Å². The Morgan fingerprint density at radius 2 is 2.00 bits per heavy atom. The maximum atomic E-state index is 4.30. The largest absolute Gasteiger partial charge is 0.220 e. The smallest absolute Gasteiger partial charge is 0.0796 e. The summed E-state index contributed by atoms with van der Waals surface area (Å²) in [4.78, 5) is 0.892. The topological polar surface area (TPSA) is 30.7 Å². The molecule has 13 heavy (non-hydrogen) atoms. The van der Waals surface area contributed by atoms with Gasteiger partial charge in [0, 0.05) is 4.90 Å². The Morgan fingerprint density at radius 3 is 2.62 bits per heavy atom. The summed E-state index contributed by atoms with van der Waals surface area (Å²) < 4.78 is 1.68. The highest BCUT2D eigenvalue weighted by Crippen LogP contribution is 2.15. The van der Waals surface area contributed by atoms with Crippen molar-refractivity contribution in [2.24, 2.45) is 0 Å². The molecule has 0 radical (unpaired) electrons.